The zero-order valence-corrected chi connectivity index (χ0v) is 15.7. The van der Waals surface area contributed by atoms with Gasteiger partial charge in [0.05, 0.1) is 18.3 Å². The van der Waals surface area contributed by atoms with Crippen LogP contribution in [0.1, 0.15) is 12.5 Å². The van der Waals surface area contributed by atoms with Crippen molar-refractivity contribution < 1.29 is 14.3 Å². The number of benzene rings is 2. The van der Waals surface area contributed by atoms with Crippen LogP contribution >= 0.6 is 11.6 Å². The van der Waals surface area contributed by atoms with Crippen LogP contribution in [-0.4, -0.2) is 29.6 Å². The Kier molecular flexibility index (Phi) is 6.18. The van der Waals surface area contributed by atoms with Gasteiger partial charge in [0, 0.05) is 16.6 Å². The molecule has 0 aliphatic heterocycles. The number of nitrogens with zero attached hydrogens (tertiary/aromatic N) is 2. The third-order valence-electron chi connectivity index (χ3n) is 3.70. The van der Waals surface area contributed by atoms with Crippen LogP contribution in [0.5, 0.6) is 5.75 Å². The molecule has 0 bridgehead atoms. The van der Waals surface area contributed by atoms with Gasteiger partial charge in [0.2, 0.25) is 0 Å². The fraction of sp³-hybridized carbons (Fsp3) is 0.100. The monoisotopic (exact) mass is 396 g/mol. The van der Waals surface area contributed by atoms with E-state index in [4.69, 9.17) is 16.3 Å². The molecule has 0 aliphatic rings. The van der Waals surface area contributed by atoms with Crippen LogP contribution in [0.4, 0.5) is 5.69 Å². The van der Waals surface area contributed by atoms with E-state index in [1.165, 1.54) is 6.21 Å². The van der Waals surface area contributed by atoms with E-state index < -0.39 is 11.8 Å². The Hall–Kier alpha value is -3.45. The van der Waals surface area contributed by atoms with E-state index in [9.17, 15) is 9.59 Å². The van der Waals surface area contributed by atoms with E-state index in [-0.39, 0.29) is 5.15 Å². The number of hydrogen-bond donors (Lipinski definition) is 2. The molecule has 28 heavy (non-hydrogen) atoms. The van der Waals surface area contributed by atoms with Gasteiger partial charge in [0.1, 0.15) is 10.9 Å². The molecule has 0 unspecified atom stereocenters. The second kappa shape index (κ2) is 8.96. The minimum atomic E-state index is -0.907. The molecule has 0 atom stereocenters. The Balaban J connectivity index is 1.60. The number of carbonyl (C=O) groups is 2. The molecule has 0 radical (unpaired) electrons. The molecular formula is C20H17ClN4O3. The summed E-state index contributed by atoms with van der Waals surface area (Å²) in [5.74, 6) is -1.07. The smallest absolute Gasteiger partial charge is 0.329 e. The number of para-hydroxylation sites is 1. The highest BCUT2D eigenvalue weighted by atomic mass is 35.5. The number of hydrazone groups is 1. The quantitative estimate of drug-likeness (QED) is 0.299. The van der Waals surface area contributed by atoms with Crippen molar-refractivity contribution in [3.8, 4) is 5.75 Å². The summed E-state index contributed by atoms with van der Waals surface area (Å²) < 4.78 is 5.32. The summed E-state index contributed by atoms with van der Waals surface area (Å²) in [5, 5.41) is 7.39. The lowest BCUT2D eigenvalue weighted by molar-refractivity contribution is -0.136. The van der Waals surface area contributed by atoms with E-state index in [2.05, 4.69) is 20.8 Å². The first-order valence-corrected chi connectivity index (χ1v) is 8.87. The number of pyridine rings is 1. The molecule has 0 spiro atoms. The molecule has 1 heterocycles. The van der Waals surface area contributed by atoms with Gasteiger partial charge in [0.25, 0.3) is 0 Å². The van der Waals surface area contributed by atoms with Crippen LogP contribution in [-0.2, 0) is 9.59 Å². The lowest BCUT2D eigenvalue weighted by Crippen LogP contribution is -2.32. The Morgan fingerprint density at radius 2 is 1.89 bits per heavy atom. The molecule has 142 valence electrons. The predicted octanol–water partition coefficient (Wildman–Crippen LogP) is 3.38. The molecule has 3 rings (SSSR count). The van der Waals surface area contributed by atoms with Gasteiger partial charge in [-0.25, -0.2) is 10.4 Å². The number of amides is 2. The van der Waals surface area contributed by atoms with Gasteiger partial charge < -0.3 is 10.1 Å². The van der Waals surface area contributed by atoms with E-state index >= 15 is 0 Å². The van der Waals surface area contributed by atoms with Crippen LogP contribution in [0.2, 0.25) is 5.15 Å². The van der Waals surface area contributed by atoms with Crippen molar-refractivity contribution in [1.82, 2.24) is 10.4 Å². The number of nitrogens with one attached hydrogen (secondary N) is 2. The molecule has 2 amide bonds. The second-order valence-electron chi connectivity index (χ2n) is 5.67. The Morgan fingerprint density at radius 3 is 2.64 bits per heavy atom. The van der Waals surface area contributed by atoms with Crippen LogP contribution < -0.4 is 15.5 Å². The highest BCUT2D eigenvalue weighted by Gasteiger charge is 2.13. The fourth-order valence-corrected chi connectivity index (χ4v) is 2.59. The number of fused-ring (bicyclic) bond motifs is 1. The molecule has 0 saturated carbocycles. The summed E-state index contributed by atoms with van der Waals surface area (Å²) >= 11 is 6.12. The maximum Gasteiger partial charge on any atom is 0.329 e. The minimum absolute atomic E-state index is 0.246. The number of halogens is 1. The second-order valence-corrected chi connectivity index (χ2v) is 6.03. The van der Waals surface area contributed by atoms with Gasteiger partial charge in [-0.15, -0.1) is 0 Å². The number of anilines is 1. The van der Waals surface area contributed by atoms with Gasteiger partial charge in [-0.05, 0) is 43.3 Å². The Labute approximate surface area is 166 Å². The first kappa shape index (κ1) is 19.3. The summed E-state index contributed by atoms with van der Waals surface area (Å²) in [4.78, 5) is 28.1. The molecule has 3 aromatic rings. The number of rotatable bonds is 5. The number of ether oxygens (including phenoxy) is 1. The Bertz CT molecular complexity index is 1040. The first-order valence-electron chi connectivity index (χ1n) is 8.49. The largest absolute Gasteiger partial charge is 0.494 e. The van der Waals surface area contributed by atoms with E-state index in [0.29, 0.717) is 23.6 Å². The van der Waals surface area contributed by atoms with Crippen molar-refractivity contribution >= 4 is 46.2 Å². The SMILES string of the molecule is CCOc1ccc(NC(=O)C(=O)N/N=C\c2cc3ccccc3nc2Cl)cc1. The first-order chi connectivity index (χ1) is 13.6. The summed E-state index contributed by atoms with van der Waals surface area (Å²) in [6.07, 6.45) is 1.34. The lowest BCUT2D eigenvalue weighted by atomic mass is 10.2. The molecule has 0 fully saturated rings. The van der Waals surface area contributed by atoms with Gasteiger partial charge in [0.15, 0.2) is 0 Å². The number of aromatic nitrogens is 1. The normalized spacial score (nSPS) is 10.8. The lowest BCUT2D eigenvalue weighted by Gasteiger charge is -2.06. The molecular weight excluding hydrogens is 380 g/mol. The highest BCUT2D eigenvalue weighted by Crippen LogP contribution is 2.19. The highest BCUT2D eigenvalue weighted by molar-refractivity contribution is 6.39. The zero-order valence-electron chi connectivity index (χ0n) is 15.0. The van der Waals surface area contributed by atoms with E-state index in [0.717, 1.165) is 10.9 Å². The minimum Gasteiger partial charge on any atom is -0.494 e. The summed E-state index contributed by atoms with van der Waals surface area (Å²) in [6, 6.07) is 15.9. The van der Waals surface area contributed by atoms with Crippen molar-refractivity contribution in [3.05, 3.63) is 65.3 Å². The number of carbonyl (C=O) groups excluding carboxylic acids is 2. The van der Waals surface area contributed by atoms with Crippen LogP contribution in [0.3, 0.4) is 0 Å². The molecule has 0 saturated heterocycles. The van der Waals surface area contributed by atoms with Crippen LogP contribution in [0, 0.1) is 0 Å². The molecule has 0 aliphatic carbocycles. The van der Waals surface area contributed by atoms with Crippen LogP contribution in [0.15, 0.2) is 59.7 Å². The van der Waals surface area contributed by atoms with Crippen molar-refractivity contribution in [3.63, 3.8) is 0 Å². The third-order valence-corrected chi connectivity index (χ3v) is 4.01. The average molecular weight is 397 g/mol. The van der Waals surface area contributed by atoms with E-state index in [1.807, 2.05) is 31.2 Å². The molecule has 2 aromatic carbocycles. The average Bonchev–Trinajstić information content (AvgIpc) is 2.70. The molecule has 2 N–H and O–H groups in total. The topological polar surface area (TPSA) is 92.7 Å². The third kappa shape index (κ3) is 4.83. The number of hydrogen-bond acceptors (Lipinski definition) is 5. The fourth-order valence-electron chi connectivity index (χ4n) is 2.40. The maximum absolute atomic E-state index is 11.9. The summed E-state index contributed by atoms with van der Waals surface area (Å²) in [5.41, 5.74) is 3.91. The van der Waals surface area contributed by atoms with Crippen molar-refractivity contribution in [2.75, 3.05) is 11.9 Å². The van der Waals surface area contributed by atoms with Crippen molar-refractivity contribution in [2.24, 2.45) is 5.10 Å². The summed E-state index contributed by atoms with van der Waals surface area (Å²) in [6.45, 7) is 2.42. The van der Waals surface area contributed by atoms with E-state index in [1.54, 1.807) is 30.3 Å². The predicted molar refractivity (Wildman–Crippen MR) is 109 cm³/mol. The van der Waals surface area contributed by atoms with Gasteiger partial charge in [-0.1, -0.05) is 29.8 Å². The molecule has 7 nitrogen and oxygen atoms in total. The van der Waals surface area contributed by atoms with Gasteiger partial charge >= 0.3 is 11.8 Å². The Morgan fingerprint density at radius 1 is 1.14 bits per heavy atom. The zero-order chi connectivity index (χ0) is 19.9. The molecule has 8 heteroatoms. The standard InChI is InChI=1S/C20H17ClN4O3/c1-2-28-16-9-7-15(8-10-16)23-19(26)20(27)25-22-12-14-11-13-5-3-4-6-17(13)24-18(14)21/h3-12H,2H2,1H3,(H,23,26)(H,25,27)/b22-12-. The molecule has 1 aromatic heterocycles. The van der Waals surface area contributed by atoms with Crippen LogP contribution in [0.25, 0.3) is 10.9 Å². The van der Waals surface area contributed by atoms with Crippen molar-refractivity contribution in [1.29, 1.82) is 0 Å². The van der Waals surface area contributed by atoms with Crippen molar-refractivity contribution in [2.45, 2.75) is 6.92 Å². The summed E-state index contributed by atoms with van der Waals surface area (Å²) in [7, 11) is 0. The van der Waals surface area contributed by atoms with Gasteiger partial charge in [-0.2, -0.15) is 5.10 Å². The maximum atomic E-state index is 11.9. The van der Waals surface area contributed by atoms with Gasteiger partial charge in [-0.3, -0.25) is 9.59 Å².